The first kappa shape index (κ1) is 21.6. The number of halogens is 3. The lowest BCUT2D eigenvalue weighted by atomic mass is 10.0. The second-order valence-corrected chi connectivity index (χ2v) is 9.11. The second kappa shape index (κ2) is 8.48. The van der Waals surface area contributed by atoms with Crippen molar-refractivity contribution >= 4 is 26.7 Å². The Morgan fingerprint density at radius 1 is 1.16 bits per heavy atom. The molecule has 8 heteroatoms. The molecule has 4 nitrogen and oxygen atoms in total. The molecule has 2 heterocycles. The van der Waals surface area contributed by atoms with Crippen molar-refractivity contribution in [3.05, 3.63) is 58.7 Å². The molecule has 31 heavy (non-hydrogen) atoms. The van der Waals surface area contributed by atoms with Crippen LogP contribution in [0.15, 0.2) is 36.4 Å². The number of hydrogen-bond donors (Lipinski definition) is 0. The highest BCUT2D eigenvalue weighted by molar-refractivity contribution is 7.22. The van der Waals surface area contributed by atoms with E-state index in [-0.39, 0.29) is 6.04 Å². The van der Waals surface area contributed by atoms with E-state index in [2.05, 4.69) is 39.9 Å². The van der Waals surface area contributed by atoms with Gasteiger partial charge in [-0.3, -0.25) is 4.90 Å². The quantitative estimate of drug-likeness (QED) is 0.540. The number of alkyl halides is 3. The van der Waals surface area contributed by atoms with E-state index in [9.17, 15) is 13.2 Å². The van der Waals surface area contributed by atoms with Crippen LogP contribution in [0.3, 0.4) is 0 Å². The van der Waals surface area contributed by atoms with E-state index in [0.29, 0.717) is 16.6 Å². The predicted molar refractivity (Wildman–Crippen MR) is 117 cm³/mol. The van der Waals surface area contributed by atoms with Crippen molar-refractivity contribution in [3.8, 4) is 6.07 Å². The minimum absolute atomic E-state index is 0.270. The van der Waals surface area contributed by atoms with E-state index in [1.165, 1.54) is 29.0 Å². The third-order valence-electron chi connectivity index (χ3n) is 5.61. The van der Waals surface area contributed by atoms with Crippen molar-refractivity contribution in [2.75, 3.05) is 24.5 Å². The van der Waals surface area contributed by atoms with Gasteiger partial charge in [-0.1, -0.05) is 35.1 Å². The lowest BCUT2D eigenvalue weighted by Gasteiger charge is -2.39. The molecule has 0 N–H and O–H groups in total. The molecule has 0 aliphatic carbocycles. The van der Waals surface area contributed by atoms with Crippen molar-refractivity contribution < 1.29 is 13.2 Å². The molecular formula is C23H23F3N4S. The summed E-state index contributed by atoms with van der Waals surface area (Å²) in [4.78, 5) is 9.14. The lowest BCUT2D eigenvalue weighted by molar-refractivity contribution is -0.137. The van der Waals surface area contributed by atoms with E-state index < -0.39 is 11.7 Å². The molecule has 0 amide bonds. The second-order valence-electron chi connectivity index (χ2n) is 8.10. The minimum Gasteiger partial charge on any atom is -0.345 e. The summed E-state index contributed by atoms with van der Waals surface area (Å²) in [6.07, 6.45) is -3.94. The number of anilines is 1. The number of nitrogens with zero attached hydrogens (tertiary/aromatic N) is 4. The van der Waals surface area contributed by atoms with Crippen molar-refractivity contribution in [2.45, 2.75) is 39.0 Å². The SMILES string of the molecule is Cc1cc(CC#N)cc(CN2CCN(c3nc4ccc(C(F)(F)F)cc4s3)C[C@H]2C)c1. The van der Waals surface area contributed by atoms with Crippen molar-refractivity contribution in [3.63, 3.8) is 0 Å². The molecule has 1 aromatic heterocycles. The fourth-order valence-electron chi connectivity index (χ4n) is 4.10. The van der Waals surface area contributed by atoms with Crippen LogP contribution < -0.4 is 4.90 Å². The topological polar surface area (TPSA) is 43.2 Å². The fourth-order valence-corrected chi connectivity index (χ4v) is 5.13. The summed E-state index contributed by atoms with van der Waals surface area (Å²) < 4.78 is 39.5. The lowest BCUT2D eigenvalue weighted by Crippen LogP contribution is -2.51. The van der Waals surface area contributed by atoms with Crippen LogP contribution in [-0.4, -0.2) is 35.6 Å². The Kier molecular flexibility index (Phi) is 5.91. The number of thiazole rings is 1. The van der Waals surface area contributed by atoms with Crippen LogP contribution in [0.25, 0.3) is 10.2 Å². The van der Waals surface area contributed by atoms with Gasteiger partial charge < -0.3 is 4.90 Å². The molecule has 0 saturated carbocycles. The van der Waals surface area contributed by atoms with Crippen LogP contribution in [-0.2, 0) is 19.1 Å². The van der Waals surface area contributed by atoms with Crippen molar-refractivity contribution in [1.82, 2.24) is 9.88 Å². The Balaban J connectivity index is 1.46. The number of hydrogen-bond acceptors (Lipinski definition) is 5. The maximum atomic E-state index is 13.0. The van der Waals surface area contributed by atoms with Gasteiger partial charge in [-0.2, -0.15) is 18.4 Å². The number of piperazine rings is 1. The summed E-state index contributed by atoms with van der Waals surface area (Å²) in [5.74, 6) is 0. The van der Waals surface area contributed by atoms with Gasteiger partial charge in [-0.15, -0.1) is 0 Å². The molecule has 0 bridgehead atoms. The number of nitriles is 1. The first-order chi connectivity index (χ1) is 14.7. The highest BCUT2D eigenvalue weighted by atomic mass is 32.1. The molecule has 1 aliphatic rings. The summed E-state index contributed by atoms with van der Waals surface area (Å²) in [7, 11) is 0. The van der Waals surface area contributed by atoms with Gasteiger partial charge in [0.2, 0.25) is 0 Å². The summed E-state index contributed by atoms with van der Waals surface area (Å²) in [6, 6.07) is 12.5. The van der Waals surface area contributed by atoms with Crippen LogP contribution in [0.1, 0.15) is 29.2 Å². The number of rotatable bonds is 4. The smallest absolute Gasteiger partial charge is 0.345 e. The van der Waals surface area contributed by atoms with Crippen LogP contribution in [0.4, 0.5) is 18.3 Å². The van der Waals surface area contributed by atoms with Crippen molar-refractivity contribution in [2.24, 2.45) is 0 Å². The molecule has 2 aromatic carbocycles. The van der Waals surface area contributed by atoms with Gasteiger partial charge in [0.15, 0.2) is 5.13 Å². The van der Waals surface area contributed by atoms with E-state index in [1.54, 1.807) is 0 Å². The number of fused-ring (bicyclic) bond motifs is 1. The zero-order chi connectivity index (χ0) is 22.2. The van der Waals surface area contributed by atoms with E-state index >= 15 is 0 Å². The average Bonchev–Trinajstić information content (AvgIpc) is 3.12. The average molecular weight is 445 g/mol. The summed E-state index contributed by atoms with van der Waals surface area (Å²) in [6.45, 7) is 7.39. The Hall–Kier alpha value is -2.63. The van der Waals surface area contributed by atoms with Crippen molar-refractivity contribution in [1.29, 1.82) is 5.26 Å². The molecular weight excluding hydrogens is 421 g/mol. The van der Waals surface area contributed by atoms with Gasteiger partial charge in [0.05, 0.1) is 28.3 Å². The minimum atomic E-state index is -4.35. The molecule has 0 spiro atoms. The summed E-state index contributed by atoms with van der Waals surface area (Å²) in [5.41, 5.74) is 3.36. The number of benzene rings is 2. The Morgan fingerprint density at radius 3 is 2.65 bits per heavy atom. The van der Waals surface area contributed by atoms with Gasteiger partial charge in [-0.25, -0.2) is 4.98 Å². The first-order valence-electron chi connectivity index (χ1n) is 10.2. The molecule has 1 saturated heterocycles. The van der Waals surface area contributed by atoms with Gasteiger partial charge in [0.1, 0.15) is 0 Å². The zero-order valence-corrected chi connectivity index (χ0v) is 18.2. The maximum absolute atomic E-state index is 13.0. The first-order valence-corrected chi connectivity index (χ1v) is 11.0. The zero-order valence-electron chi connectivity index (χ0n) is 17.4. The van der Waals surface area contributed by atoms with E-state index in [1.807, 2.05) is 13.0 Å². The van der Waals surface area contributed by atoms with Crippen LogP contribution >= 0.6 is 11.3 Å². The standard InChI is InChI=1S/C23H23F3N4S/c1-15-9-17(5-6-27)11-18(10-15)14-29-7-8-30(13-16(29)2)22-28-20-4-3-19(23(24,25)26)12-21(20)31-22/h3-4,9-12,16H,5,7-8,13-14H2,1-2H3/t16-/m1/s1. The Bertz CT molecular complexity index is 1130. The largest absolute Gasteiger partial charge is 0.416 e. The fraction of sp³-hybridized carbons (Fsp3) is 0.391. The van der Waals surface area contributed by atoms with Crippen LogP contribution in [0.2, 0.25) is 0 Å². The van der Waals surface area contributed by atoms with Gasteiger partial charge in [0.25, 0.3) is 0 Å². The van der Waals surface area contributed by atoms with Gasteiger partial charge in [0, 0.05) is 32.2 Å². The maximum Gasteiger partial charge on any atom is 0.416 e. The molecule has 1 atom stereocenters. The van der Waals surface area contributed by atoms with E-state index in [4.69, 9.17) is 5.26 Å². The molecule has 162 valence electrons. The van der Waals surface area contributed by atoms with Crippen LogP contribution in [0.5, 0.6) is 0 Å². The monoisotopic (exact) mass is 444 g/mol. The summed E-state index contributed by atoms with van der Waals surface area (Å²) in [5, 5.41) is 9.75. The number of aromatic nitrogens is 1. The molecule has 4 rings (SSSR count). The summed E-state index contributed by atoms with van der Waals surface area (Å²) >= 11 is 1.32. The Labute approximate surface area is 183 Å². The molecule has 0 unspecified atom stereocenters. The van der Waals surface area contributed by atoms with Gasteiger partial charge in [-0.05, 0) is 43.2 Å². The molecule has 1 aliphatic heterocycles. The highest BCUT2D eigenvalue weighted by Crippen LogP contribution is 2.36. The number of aryl methyl sites for hydroxylation is 1. The van der Waals surface area contributed by atoms with E-state index in [0.717, 1.165) is 48.5 Å². The third-order valence-corrected chi connectivity index (χ3v) is 6.68. The normalized spacial score (nSPS) is 17.8. The molecule has 3 aromatic rings. The molecule has 1 fully saturated rings. The van der Waals surface area contributed by atoms with Crippen LogP contribution in [0, 0.1) is 18.3 Å². The molecule has 0 radical (unpaired) electrons. The van der Waals surface area contributed by atoms with Gasteiger partial charge >= 0.3 is 6.18 Å². The third kappa shape index (κ3) is 4.83. The predicted octanol–water partition coefficient (Wildman–Crippen LogP) is 5.40. The highest BCUT2D eigenvalue weighted by Gasteiger charge is 2.31. The Morgan fingerprint density at radius 2 is 1.94 bits per heavy atom.